The van der Waals surface area contributed by atoms with E-state index in [0.29, 0.717) is 5.88 Å². The normalized spacial score (nSPS) is 16.2. The molecule has 1 aromatic heterocycles. The molecule has 0 amide bonds. The zero-order valence-electron chi connectivity index (χ0n) is 13.2. The molecule has 9 heteroatoms. The van der Waals surface area contributed by atoms with Gasteiger partial charge in [0.2, 0.25) is 0 Å². The number of hydrogen-bond acceptors (Lipinski definition) is 2. The van der Waals surface area contributed by atoms with Crippen LogP contribution in [0, 0.1) is 0 Å². The average molecular weight is 512 g/mol. The number of fused-ring (bicyclic) bond motifs is 1. The molecule has 0 bridgehead atoms. The van der Waals surface area contributed by atoms with E-state index in [4.69, 9.17) is 36.9 Å². The van der Waals surface area contributed by atoms with Crippen LogP contribution >= 0.6 is 43.6 Å². The van der Waals surface area contributed by atoms with Crippen LogP contribution in [0.25, 0.3) is 17.1 Å². The molecule has 0 spiro atoms. The molecule has 1 aliphatic rings. The Kier molecular flexibility index (Phi) is 6.30. The molecule has 0 radical (unpaired) electrons. The molecule has 0 saturated heterocycles. The molecule has 136 valence electrons. The number of hydrogen-bond donors (Lipinski definition) is 0. The summed E-state index contributed by atoms with van der Waals surface area (Å²) in [5.41, 5.74) is 2.02. The van der Waals surface area contributed by atoms with Crippen LogP contribution in [0.1, 0.15) is 0 Å². The number of halogens is 4. The molecule has 0 aliphatic carbocycles. The summed E-state index contributed by atoms with van der Waals surface area (Å²) in [4.78, 5) is 0. The molecule has 3 nitrogen and oxygen atoms in total. The second-order valence-electron chi connectivity index (χ2n) is 5.29. The van der Waals surface area contributed by atoms with Gasteiger partial charge in [-0.05, 0) is 0 Å². The van der Waals surface area contributed by atoms with Crippen molar-refractivity contribution in [3.63, 3.8) is 0 Å². The number of thioether (sulfide) groups is 1. The largest absolute Gasteiger partial charge is 1.00 e. The minimum absolute atomic E-state index is 0. The fraction of sp³-hybridized carbons (Fsp3) is 0.0588. The van der Waals surface area contributed by atoms with Gasteiger partial charge in [-0.15, -0.1) is 0 Å². The van der Waals surface area contributed by atoms with Gasteiger partial charge in [0.05, 0.1) is 0 Å². The topological polar surface area (TPSA) is 21.7 Å². The fourth-order valence-corrected chi connectivity index (χ4v) is 11.7. The fourth-order valence-electron chi connectivity index (χ4n) is 2.57. The molecule has 2 aromatic carbocycles. The number of rotatable bonds is 3. The van der Waals surface area contributed by atoms with Crippen LogP contribution < -0.4 is 17.0 Å². The van der Waals surface area contributed by atoms with Crippen molar-refractivity contribution in [1.29, 1.82) is 0 Å². The molecule has 4 rings (SSSR count). The summed E-state index contributed by atoms with van der Waals surface area (Å²) < 4.78 is 4.75. The third-order valence-electron chi connectivity index (χ3n) is 3.76. The second kappa shape index (κ2) is 8.15. The summed E-state index contributed by atoms with van der Waals surface area (Å²) in [5, 5.41) is 7.68. The Labute approximate surface area is 178 Å². The first-order chi connectivity index (χ1) is 12.1. The first kappa shape index (κ1) is 20.1. The van der Waals surface area contributed by atoms with Gasteiger partial charge < -0.3 is 12.4 Å². The van der Waals surface area contributed by atoms with Gasteiger partial charge in [-0.3, -0.25) is 0 Å². The summed E-state index contributed by atoms with van der Waals surface area (Å²) in [5.74, 6) is 1.12. The van der Waals surface area contributed by atoms with Gasteiger partial charge in [-0.1, -0.05) is 0 Å². The molecular weight excluding hydrogens is 499 g/mol. The molecule has 0 atom stereocenters. The van der Waals surface area contributed by atoms with Crippen LogP contribution in [0.15, 0.2) is 75.7 Å². The van der Waals surface area contributed by atoms with Crippen molar-refractivity contribution < 1.29 is 17.0 Å². The molecule has 1 aliphatic heterocycles. The van der Waals surface area contributed by atoms with Crippen molar-refractivity contribution in [2.45, 2.75) is 5.16 Å². The Morgan fingerprint density at radius 3 is 2.23 bits per heavy atom. The Balaban J connectivity index is 0.00000196. The maximum Gasteiger partial charge on any atom is -1.00 e. The quantitative estimate of drug-likeness (QED) is 0.304. The number of alkyl halides is 1. The van der Waals surface area contributed by atoms with Crippen LogP contribution in [0.4, 0.5) is 0 Å². The maximum atomic E-state index is 6.77. The molecular formula is C17H13Cl4N3SSe. The van der Waals surface area contributed by atoms with E-state index in [1.54, 1.807) is 15.5 Å². The van der Waals surface area contributed by atoms with E-state index in [-0.39, 0.29) is 12.4 Å². The van der Waals surface area contributed by atoms with Crippen molar-refractivity contribution >= 4 is 54.8 Å². The Morgan fingerprint density at radius 2 is 1.62 bits per heavy atom. The van der Waals surface area contributed by atoms with Crippen LogP contribution in [0.2, 0.25) is 0 Å². The minimum Gasteiger partial charge on any atom is -1.00 e. The SMILES string of the molecule is ClCC1=CSc2n(nc(-c3ccccc3)[n+]2-c2ccccc2)[Se]1(Cl)Cl.[Cl-]. The van der Waals surface area contributed by atoms with Gasteiger partial charge >= 0.3 is 167 Å². The number of allylic oxidation sites excluding steroid dienone is 1. The zero-order valence-corrected chi connectivity index (χ0v) is 18.8. The number of para-hydroxylation sites is 1. The van der Waals surface area contributed by atoms with E-state index in [1.165, 1.54) is 0 Å². The zero-order chi connectivity index (χ0) is 17.4. The molecule has 26 heavy (non-hydrogen) atoms. The van der Waals surface area contributed by atoms with Crippen molar-refractivity contribution in [1.82, 2.24) is 8.80 Å². The Morgan fingerprint density at radius 1 is 1.00 bits per heavy atom. The predicted octanol–water partition coefficient (Wildman–Crippen LogP) is 1.86. The van der Waals surface area contributed by atoms with Crippen molar-refractivity contribution in [2.75, 3.05) is 5.88 Å². The van der Waals surface area contributed by atoms with Crippen LogP contribution in [0.3, 0.4) is 0 Å². The van der Waals surface area contributed by atoms with E-state index in [2.05, 4.69) is 4.57 Å². The summed E-state index contributed by atoms with van der Waals surface area (Å²) >= 11 is 4.41. The monoisotopic (exact) mass is 511 g/mol. The first-order valence-electron chi connectivity index (χ1n) is 7.43. The van der Waals surface area contributed by atoms with Gasteiger partial charge in [0, 0.05) is 0 Å². The molecule has 2 heterocycles. The number of nitrogens with zero attached hydrogens (tertiary/aromatic N) is 3. The van der Waals surface area contributed by atoms with E-state index in [1.807, 2.05) is 66.1 Å². The minimum atomic E-state index is -3.19. The van der Waals surface area contributed by atoms with Crippen LogP contribution in [-0.2, 0) is 0 Å². The average Bonchev–Trinajstić information content (AvgIpc) is 3.04. The first-order valence-corrected chi connectivity index (χ1v) is 15.0. The van der Waals surface area contributed by atoms with Gasteiger partial charge in [-0.25, -0.2) is 0 Å². The van der Waals surface area contributed by atoms with Gasteiger partial charge in [0.25, 0.3) is 0 Å². The standard InChI is InChI=1S/C17H13Cl3N3SSe.ClH/c18-11-15-12-24-17-22(14-9-5-2-6-10-14)16(13-7-3-1-4-8-13)21-23(17)25(15,19)20;/h1-10,12H,11H2;1H/q+1;/p-1. The Hall–Kier alpha value is -0.651. The number of benzene rings is 2. The molecule has 0 fully saturated rings. The summed E-state index contributed by atoms with van der Waals surface area (Å²) in [6.07, 6.45) is 0. The maximum absolute atomic E-state index is 6.77. The third-order valence-corrected chi connectivity index (χ3v) is 12.7. The number of aromatic nitrogens is 3. The summed E-state index contributed by atoms with van der Waals surface area (Å²) in [6, 6.07) is 20.1. The smallest absolute Gasteiger partial charge is 1.00 e. The van der Waals surface area contributed by atoms with E-state index in [9.17, 15) is 0 Å². The molecule has 0 saturated carbocycles. The van der Waals surface area contributed by atoms with Crippen LogP contribution in [0.5, 0.6) is 0 Å². The predicted molar refractivity (Wildman–Crippen MR) is 107 cm³/mol. The van der Waals surface area contributed by atoms with Gasteiger partial charge in [0.15, 0.2) is 0 Å². The van der Waals surface area contributed by atoms with E-state index < -0.39 is 11.2 Å². The molecule has 3 aromatic rings. The van der Waals surface area contributed by atoms with Gasteiger partial charge in [-0.2, -0.15) is 0 Å². The van der Waals surface area contributed by atoms with Crippen molar-refractivity contribution in [3.05, 3.63) is 70.5 Å². The van der Waals surface area contributed by atoms with E-state index >= 15 is 0 Å². The Bertz CT molecular complexity index is 945. The molecule has 0 N–H and O–H groups in total. The summed E-state index contributed by atoms with van der Waals surface area (Å²) in [7, 11) is 13.5. The van der Waals surface area contributed by atoms with E-state index in [0.717, 1.165) is 26.7 Å². The van der Waals surface area contributed by atoms with Gasteiger partial charge in [0.1, 0.15) is 0 Å². The third kappa shape index (κ3) is 3.43. The summed E-state index contributed by atoms with van der Waals surface area (Å²) in [6.45, 7) is 0. The van der Waals surface area contributed by atoms with Crippen LogP contribution in [-0.4, -0.2) is 25.9 Å². The second-order valence-corrected chi connectivity index (χ2v) is 15.5. The van der Waals surface area contributed by atoms with Crippen molar-refractivity contribution in [2.24, 2.45) is 0 Å². The molecule has 0 unspecified atom stereocenters. The van der Waals surface area contributed by atoms with Crippen molar-refractivity contribution in [3.8, 4) is 17.1 Å².